The zero-order valence-electron chi connectivity index (χ0n) is 15.6. The summed E-state index contributed by atoms with van der Waals surface area (Å²) in [6.07, 6.45) is 1.81. The second-order valence-corrected chi connectivity index (χ2v) is 7.09. The van der Waals surface area contributed by atoms with Crippen molar-refractivity contribution < 1.29 is 23.9 Å². The standard InChI is InChI=1S/C19H26N2O5S/c1-2-3-10-26-19(24)15-4-6-16(7-5-15)20-17(22)13-27-14-18(23)21-8-11-25-12-9-21/h4-7H,2-3,8-14H2,1H3,(H,20,22). The molecule has 1 aromatic rings. The molecule has 0 bridgehead atoms. The number of carbonyl (C=O) groups excluding carboxylic acids is 3. The summed E-state index contributed by atoms with van der Waals surface area (Å²) in [5.41, 5.74) is 1.06. The van der Waals surface area contributed by atoms with Crippen molar-refractivity contribution in [3.63, 3.8) is 0 Å². The fourth-order valence-electron chi connectivity index (χ4n) is 2.41. The molecule has 1 aromatic carbocycles. The average molecular weight is 394 g/mol. The van der Waals surface area contributed by atoms with E-state index < -0.39 is 0 Å². The molecule has 0 unspecified atom stereocenters. The summed E-state index contributed by atoms with van der Waals surface area (Å²) in [5.74, 6) is -0.0547. The van der Waals surface area contributed by atoms with Gasteiger partial charge in [0.25, 0.3) is 0 Å². The molecule has 1 heterocycles. The van der Waals surface area contributed by atoms with Crippen LogP contribution in [0.25, 0.3) is 0 Å². The molecule has 0 aliphatic carbocycles. The Balaban J connectivity index is 1.69. The van der Waals surface area contributed by atoms with E-state index in [-0.39, 0.29) is 29.3 Å². The van der Waals surface area contributed by atoms with Crippen molar-refractivity contribution in [2.75, 3.05) is 49.7 Å². The number of hydrogen-bond acceptors (Lipinski definition) is 6. The predicted octanol–water partition coefficient (Wildman–Crippen LogP) is 2.17. The molecule has 8 heteroatoms. The number of rotatable bonds is 9. The Bertz CT molecular complexity index is 629. The Morgan fingerprint density at radius 2 is 1.85 bits per heavy atom. The van der Waals surface area contributed by atoms with Gasteiger partial charge in [-0.05, 0) is 30.7 Å². The van der Waals surface area contributed by atoms with Gasteiger partial charge in [-0.2, -0.15) is 0 Å². The van der Waals surface area contributed by atoms with Crippen LogP contribution in [0.2, 0.25) is 0 Å². The van der Waals surface area contributed by atoms with Crippen LogP contribution in [-0.4, -0.2) is 67.1 Å². The van der Waals surface area contributed by atoms with Crippen LogP contribution in [0.5, 0.6) is 0 Å². The summed E-state index contributed by atoms with van der Waals surface area (Å²) in [7, 11) is 0. The van der Waals surface area contributed by atoms with E-state index in [4.69, 9.17) is 9.47 Å². The van der Waals surface area contributed by atoms with Gasteiger partial charge in [0.15, 0.2) is 0 Å². The molecule has 0 radical (unpaired) electrons. The van der Waals surface area contributed by atoms with E-state index in [0.29, 0.717) is 44.2 Å². The van der Waals surface area contributed by atoms with Crippen LogP contribution in [0.3, 0.4) is 0 Å². The number of hydrogen-bond donors (Lipinski definition) is 1. The molecule has 1 saturated heterocycles. The number of benzene rings is 1. The summed E-state index contributed by atoms with van der Waals surface area (Å²) in [5, 5.41) is 2.76. The fourth-order valence-corrected chi connectivity index (χ4v) is 3.13. The molecule has 0 saturated carbocycles. The smallest absolute Gasteiger partial charge is 0.338 e. The van der Waals surface area contributed by atoms with Gasteiger partial charge >= 0.3 is 5.97 Å². The first kappa shape index (κ1) is 21.2. The average Bonchev–Trinajstić information content (AvgIpc) is 2.69. The molecular formula is C19H26N2O5S. The van der Waals surface area contributed by atoms with Gasteiger partial charge in [-0.3, -0.25) is 9.59 Å². The van der Waals surface area contributed by atoms with Crippen molar-refractivity contribution in [1.82, 2.24) is 4.90 Å². The highest BCUT2D eigenvalue weighted by Gasteiger charge is 2.17. The molecule has 1 aliphatic heterocycles. The Kier molecular flexibility index (Phi) is 9.13. The van der Waals surface area contributed by atoms with Gasteiger partial charge in [-0.1, -0.05) is 13.3 Å². The maximum Gasteiger partial charge on any atom is 0.338 e. The summed E-state index contributed by atoms with van der Waals surface area (Å²) >= 11 is 1.28. The summed E-state index contributed by atoms with van der Waals surface area (Å²) in [4.78, 5) is 37.6. The predicted molar refractivity (Wildman–Crippen MR) is 105 cm³/mol. The molecular weight excluding hydrogens is 368 g/mol. The number of thioether (sulfide) groups is 1. The lowest BCUT2D eigenvalue weighted by Gasteiger charge is -2.26. The molecule has 1 fully saturated rings. The fraction of sp³-hybridized carbons (Fsp3) is 0.526. The second-order valence-electron chi connectivity index (χ2n) is 6.10. The number of nitrogens with one attached hydrogen (secondary N) is 1. The lowest BCUT2D eigenvalue weighted by atomic mass is 10.2. The number of anilines is 1. The minimum atomic E-state index is -0.362. The summed E-state index contributed by atoms with van der Waals surface area (Å²) in [6.45, 7) is 4.80. The Morgan fingerprint density at radius 1 is 1.15 bits per heavy atom. The zero-order chi connectivity index (χ0) is 19.5. The lowest BCUT2D eigenvalue weighted by molar-refractivity contribution is -0.132. The molecule has 7 nitrogen and oxygen atoms in total. The number of morpholine rings is 1. The molecule has 2 amide bonds. The molecule has 1 aliphatic rings. The van der Waals surface area contributed by atoms with Crippen molar-refractivity contribution in [2.24, 2.45) is 0 Å². The van der Waals surface area contributed by atoms with E-state index >= 15 is 0 Å². The third kappa shape index (κ3) is 7.60. The third-order valence-corrected chi connectivity index (χ3v) is 4.88. The normalized spacial score (nSPS) is 13.9. The van der Waals surface area contributed by atoms with Crippen LogP contribution < -0.4 is 5.32 Å². The first-order chi connectivity index (χ1) is 13.1. The van der Waals surface area contributed by atoms with Crippen LogP contribution in [0.15, 0.2) is 24.3 Å². The quantitative estimate of drug-likeness (QED) is 0.510. The first-order valence-corrected chi connectivity index (χ1v) is 10.3. The zero-order valence-corrected chi connectivity index (χ0v) is 16.4. The van der Waals surface area contributed by atoms with Gasteiger partial charge < -0.3 is 19.7 Å². The van der Waals surface area contributed by atoms with Crippen LogP contribution in [0.4, 0.5) is 5.69 Å². The molecule has 0 aromatic heterocycles. The minimum absolute atomic E-state index is 0.0297. The van der Waals surface area contributed by atoms with E-state index in [0.717, 1.165) is 12.8 Å². The number of unbranched alkanes of at least 4 members (excludes halogenated alkanes) is 1. The third-order valence-electron chi connectivity index (χ3n) is 3.96. The highest BCUT2D eigenvalue weighted by atomic mass is 32.2. The van der Waals surface area contributed by atoms with E-state index in [1.165, 1.54) is 11.8 Å². The van der Waals surface area contributed by atoms with E-state index in [2.05, 4.69) is 5.32 Å². The number of carbonyl (C=O) groups is 3. The number of nitrogens with zero attached hydrogens (tertiary/aromatic N) is 1. The largest absolute Gasteiger partial charge is 0.462 e. The van der Waals surface area contributed by atoms with E-state index in [1.54, 1.807) is 29.2 Å². The van der Waals surface area contributed by atoms with Gasteiger partial charge in [0.1, 0.15) is 0 Å². The van der Waals surface area contributed by atoms with Crippen LogP contribution in [-0.2, 0) is 19.1 Å². The number of amides is 2. The van der Waals surface area contributed by atoms with Crippen molar-refractivity contribution >= 4 is 35.2 Å². The van der Waals surface area contributed by atoms with E-state index in [9.17, 15) is 14.4 Å². The highest BCUT2D eigenvalue weighted by Crippen LogP contribution is 2.12. The minimum Gasteiger partial charge on any atom is -0.462 e. The van der Waals surface area contributed by atoms with Gasteiger partial charge in [-0.25, -0.2) is 4.79 Å². The Hall–Kier alpha value is -2.06. The summed E-state index contributed by atoms with van der Waals surface area (Å²) in [6, 6.07) is 6.58. The van der Waals surface area contributed by atoms with Crippen LogP contribution in [0, 0.1) is 0 Å². The first-order valence-electron chi connectivity index (χ1n) is 9.10. The molecule has 0 atom stereocenters. The van der Waals surface area contributed by atoms with Crippen molar-refractivity contribution in [2.45, 2.75) is 19.8 Å². The molecule has 0 spiro atoms. The second kappa shape index (κ2) is 11.6. The lowest BCUT2D eigenvalue weighted by Crippen LogP contribution is -2.41. The van der Waals surface area contributed by atoms with Crippen molar-refractivity contribution in [1.29, 1.82) is 0 Å². The highest BCUT2D eigenvalue weighted by molar-refractivity contribution is 8.00. The molecule has 27 heavy (non-hydrogen) atoms. The maximum atomic E-state index is 12.0. The summed E-state index contributed by atoms with van der Waals surface area (Å²) < 4.78 is 10.4. The van der Waals surface area contributed by atoms with Gasteiger partial charge in [0, 0.05) is 18.8 Å². The Labute approximate surface area is 163 Å². The maximum absolute atomic E-state index is 12.0. The van der Waals surface area contributed by atoms with Gasteiger partial charge in [0.2, 0.25) is 11.8 Å². The Morgan fingerprint density at radius 3 is 2.52 bits per heavy atom. The van der Waals surface area contributed by atoms with Crippen LogP contribution in [0.1, 0.15) is 30.1 Å². The van der Waals surface area contributed by atoms with Gasteiger partial charge in [-0.15, -0.1) is 11.8 Å². The topological polar surface area (TPSA) is 84.9 Å². The SMILES string of the molecule is CCCCOC(=O)c1ccc(NC(=O)CSCC(=O)N2CCOCC2)cc1. The molecule has 148 valence electrons. The molecule has 2 rings (SSSR count). The molecule has 1 N–H and O–H groups in total. The monoisotopic (exact) mass is 394 g/mol. The van der Waals surface area contributed by atoms with Crippen molar-refractivity contribution in [3.05, 3.63) is 29.8 Å². The number of esters is 1. The number of ether oxygens (including phenoxy) is 2. The van der Waals surface area contributed by atoms with Crippen molar-refractivity contribution in [3.8, 4) is 0 Å². The van der Waals surface area contributed by atoms with E-state index in [1.807, 2.05) is 6.92 Å². The van der Waals surface area contributed by atoms with Gasteiger partial charge in [0.05, 0.1) is 36.9 Å². The van der Waals surface area contributed by atoms with Crippen LogP contribution >= 0.6 is 11.8 Å².